The summed E-state index contributed by atoms with van der Waals surface area (Å²) >= 11 is 3.67. The first-order valence-electron chi connectivity index (χ1n) is 6.44. The van der Waals surface area contributed by atoms with E-state index in [0.717, 1.165) is 19.0 Å². The van der Waals surface area contributed by atoms with Crippen LogP contribution in [-0.4, -0.2) is 19.6 Å². The number of benzene rings is 1. The van der Waals surface area contributed by atoms with Gasteiger partial charge in [0.1, 0.15) is 0 Å². The third kappa shape index (κ3) is 3.23. The van der Waals surface area contributed by atoms with E-state index < -0.39 is 0 Å². The molecule has 2 rings (SSSR count). The summed E-state index contributed by atoms with van der Waals surface area (Å²) in [5, 5.41) is 3.36. The highest BCUT2D eigenvalue weighted by Crippen LogP contribution is 2.28. The van der Waals surface area contributed by atoms with Crippen LogP contribution in [0.3, 0.4) is 0 Å². The van der Waals surface area contributed by atoms with Crippen molar-refractivity contribution in [3.63, 3.8) is 0 Å². The van der Waals surface area contributed by atoms with Gasteiger partial charge in [-0.2, -0.15) is 0 Å². The van der Waals surface area contributed by atoms with Crippen LogP contribution < -0.4 is 10.2 Å². The van der Waals surface area contributed by atoms with Gasteiger partial charge in [-0.05, 0) is 36.6 Å². The molecule has 0 aromatic heterocycles. The van der Waals surface area contributed by atoms with Crippen molar-refractivity contribution < 1.29 is 0 Å². The van der Waals surface area contributed by atoms with Crippen LogP contribution in [0.5, 0.6) is 0 Å². The molecule has 1 N–H and O–H groups in total. The van der Waals surface area contributed by atoms with Crippen molar-refractivity contribution >= 4 is 21.6 Å². The normalized spacial score (nSPS) is 19.9. The van der Waals surface area contributed by atoms with E-state index in [1.165, 1.54) is 35.2 Å². The predicted octanol–water partition coefficient (Wildman–Crippen LogP) is 3.40. The molecule has 1 atom stereocenters. The first-order valence-corrected chi connectivity index (χ1v) is 7.24. The second-order valence-corrected chi connectivity index (χ2v) is 5.75. The SMILES string of the molecule is CCNCc1ccc(N2CCC(C)C2)cc1Br. The first kappa shape index (κ1) is 12.9. The second kappa shape index (κ2) is 5.87. The second-order valence-electron chi connectivity index (χ2n) is 4.90. The number of anilines is 1. The number of halogens is 1. The van der Waals surface area contributed by atoms with Crippen molar-refractivity contribution in [3.8, 4) is 0 Å². The third-order valence-corrected chi connectivity index (χ3v) is 4.13. The van der Waals surface area contributed by atoms with E-state index >= 15 is 0 Å². The molecule has 0 aliphatic carbocycles. The van der Waals surface area contributed by atoms with Crippen molar-refractivity contribution in [3.05, 3.63) is 28.2 Å². The lowest BCUT2D eigenvalue weighted by molar-refractivity contribution is 0.659. The highest BCUT2D eigenvalue weighted by molar-refractivity contribution is 9.10. The van der Waals surface area contributed by atoms with E-state index in [1.54, 1.807) is 0 Å². The van der Waals surface area contributed by atoms with Crippen LogP contribution in [0, 0.1) is 5.92 Å². The summed E-state index contributed by atoms with van der Waals surface area (Å²) in [6.07, 6.45) is 1.32. The fraction of sp³-hybridized carbons (Fsp3) is 0.571. The topological polar surface area (TPSA) is 15.3 Å². The molecule has 1 heterocycles. The summed E-state index contributed by atoms with van der Waals surface area (Å²) in [5.74, 6) is 0.829. The van der Waals surface area contributed by atoms with Gasteiger partial charge >= 0.3 is 0 Å². The minimum absolute atomic E-state index is 0.829. The van der Waals surface area contributed by atoms with Crippen molar-refractivity contribution in [1.82, 2.24) is 5.32 Å². The Morgan fingerprint density at radius 1 is 1.47 bits per heavy atom. The van der Waals surface area contributed by atoms with E-state index in [4.69, 9.17) is 0 Å². The third-order valence-electron chi connectivity index (χ3n) is 3.39. The Morgan fingerprint density at radius 2 is 2.29 bits per heavy atom. The molecule has 0 saturated carbocycles. The molecular formula is C14H21BrN2. The van der Waals surface area contributed by atoms with Gasteiger partial charge in [-0.3, -0.25) is 0 Å². The maximum absolute atomic E-state index is 3.67. The van der Waals surface area contributed by atoms with Crippen LogP contribution in [-0.2, 0) is 6.54 Å². The van der Waals surface area contributed by atoms with Gasteiger partial charge in [-0.15, -0.1) is 0 Å². The summed E-state index contributed by atoms with van der Waals surface area (Å²) in [7, 11) is 0. The quantitative estimate of drug-likeness (QED) is 0.916. The Labute approximate surface area is 113 Å². The number of hydrogen-bond acceptors (Lipinski definition) is 2. The molecule has 94 valence electrons. The molecule has 1 unspecified atom stereocenters. The maximum Gasteiger partial charge on any atom is 0.0377 e. The van der Waals surface area contributed by atoms with Crippen LogP contribution in [0.25, 0.3) is 0 Å². The lowest BCUT2D eigenvalue weighted by Crippen LogP contribution is -2.19. The molecule has 1 fully saturated rings. The molecular weight excluding hydrogens is 276 g/mol. The van der Waals surface area contributed by atoms with Crippen LogP contribution >= 0.6 is 15.9 Å². The minimum atomic E-state index is 0.829. The summed E-state index contributed by atoms with van der Waals surface area (Å²) in [4.78, 5) is 2.48. The van der Waals surface area contributed by atoms with Gasteiger partial charge in [-0.25, -0.2) is 0 Å². The molecule has 17 heavy (non-hydrogen) atoms. The molecule has 1 saturated heterocycles. The average Bonchev–Trinajstić information content (AvgIpc) is 2.74. The Morgan fingerprint density at radius 3 is 2.88 bits per heavy atom. The summed E-state index contributed by atoms with van der Waals surface area (Å²) < 4.78 is 1.22. The lowest BCUT2D eigenvalue weighted by atomic mass is 10.2. The van der Waals surface area contributed by atoms with Crippen molar-refractivity contribution in [2.24, 2.45) is 5.92 Å². The van der Waals surface area contributed by atoms with Crippen molar-refractivity contribution in [1.29, 1.82) is 0 Å². The zero-order chi connectivity index (χ0) is 12.3. The predicted molar refractivity (Wildman–Crippen MR) is 77.5 cm³/mol. The molecule has 0 radical (unpaired) electrons. The van der Waals surface area contributed by atoms with E-state index in [9.17, 15) is 0 Å². The van der Waals surface area contributed by atoms with Gasteiger partial charge < -0.3 is 10.2 Å². The van der Waals surface area contributed by atoms with Crippen LogP contribution in [0.15, 0.2) is 22.7 Å². The van der Waals surface area contributed by atoms with Crippen LogP contribution in [0.1, 0.15) is 25.8 Å². The Kier molecular flexibility index (Phi) is 4.46. The number of hydrogen-bond donors (Lipinski definition) is 1. The first-order chi connectivity index (χ1) is 8.20. The molecule has 1 aliphatic heterocycles. The van der Waals surface area contributed by atoms with Gasteiger partial charge in [0.25, 0.3) is 0 Å². The van der Waals surface area contributed by atoms with Gasteiger partial charge in [0.15, 0.2) is 0 Å². The molecule has 2 nitrogen and oxygen atoms in total. The van der Waals surface area contributed by atoms with E-state index in [0.29, 0.717) is 0 Å². The zero-order valence-electron chi connectivity index (χ0n) is 10.7. The van der Waals surface area contributed by atoms with Gasteiger partial charge in [0.2, 0.25) is 0 Å². The number of nitrogens with zero attached hydrogens (tertiary/aromatic N) is 1. The van der Waals surface area contributed by atoms with Gasteiger partial charge in [0, 0.05) is 29.8 Å². The van der Waals surface area contributed by atoms with Crippen molar-refractivity contribution in [2.45, 2.75) is 26.8 Å². The molecule has 1 aromatic carbocycles. The fourth-order valence-corrected chi connectivity index (χ4v) is 2.81. The Hall–Kier alpha value is -0.540. The monoisotopic (exact) mass is 296 g/mol. The van der Waals surface area contributed by atoms with E-state index in [-0.39, 0.29) is 0 Å². The fourth-order valence-electron chi connectivity index (χ4n) is 2.31. The van der Waals surface area contributed by atoms with E-state index in [2.05, 4.69) is 58.2 Å². The molecule has 1 aromatic rings. The van der Waals surface area contributed by atoms with E-state index in [1.807, 2.05) is 0 Å². The van der Waals surface area contributed by atoms with Crippen LogP contribution in [0.2, 0.25) is 0 Å². The lowest BCUT2D eigenvalue weighted by Gasteiger charge is -2.19. The van der Waals surface area contributed by atoms with Crippen LogP contribution in [0.4, 0.5) is 5.69 Å². The smallest absolute Gasteiger partial charge is 0.0377 e. The minimum Gasteiger partial charge on any atom is -0.371 e. The Balaban J connectivity index is 2.08. The van der Waals surface area contributed by atoms with Crippen molar-refractivity contribution in [2.75, 3.05) is 24.5 Å². The molecule has 0 amide bonds. The molecule has 3 heteroatoms. The summed E-state index contributed by atoms with van der Waals surface area (Å²) in [5.41, 5.74) is 2.68. The molecule has 0 spiro atoms. The molecule has 0 bridgehead atoms. The maximum atomic E-state index is 3.67. The van der Waals surface area contributed by atoms with Gasteiger partial charge in [-0.1, -0.05) is 35.8 Å². The standard InChI is InChI=1S/C14H21BrN2/c1-3-16-9-12-4-5-13(8-14(12)15)17-7-6-11(2)10-17/h4-5,8,11,16H,3,6-7,9-10H2,1-2H3. The van der Waals surface area contributed by atoms with Gasteiger partial charge in [0.05, 0.1) is 0 Å². The number of rotatable bonds is 4. The Bertz CT molecular complexity index is 378. The largest absolute Gasteiger partial charge is 0.371 e. The highest BCUT2D eigenvalue weighted by Gasteiger charge is 2.19. The summed E-state index contributed by atoms with van der Waals surface area (Å²) in [6.45, 7) is 8.80. The average molecular weight is 297 g/mol. The molecule has 1 aliphatic rings. The number of nitrogens with one attached hydrogen (secondary N) is 1. The highest BCUT2D eigenvalue weighted by atomic mass is 79.9. The summed E-state index contributed by atoms with van der Waals surface area (Å²) in [6, 6.07) is 6.73. The zero-order valence-corrected chi connectivity index (χ0v) is 12.3.